The van der Waals surface area contributed by atoms with Crippen molar-refractivity contribution in [3.63, 3.8) is 0 Å². The van der Waals surface area contributed by atoms with Gasteiger partial charge in [0.15, 0.2) is 0 Å². The van der Waals surface area contributed by atoms with Crippen LogP contribution in [0.4, 0.5) is 5.69 Å². The van der Waals surface area contributed by atoms with Crippen LogP contribution in [0.2, 0.25) is 0 Å². The van der Waals surface area contributed by atoms with Crippen LogP contribution in [-0.2, 0) is 6.61 Å². The molecule has 0 spiro atoms. The molecule has 1 saturated heterocycles. The third-order valence-electron chi connectivity index (χ3n) is 5.26. The molecule has 6 heteroatoms. The van der Waals surface area contributed by atoms with E-state index in [4.69, 9.17) is 0 Å². The lowest BCUT2D eigenvalue weighted by Gasteiger charge is -2.35. The van der Waals surface area contributed by atoms with Crippen LogP contribution in [0.5, 0.6) is 0 Å². The van der Waals surface area contributed by atoms with Crippen LogP contribution in [0.3, 0.4) is 0 Å². The number of imidazole rings is 1. The molecule has 0 saturated carbocycles. The topological polar surface area (TPSA) is 78.0 Å². The van der Waals surface area contributed by atoms with E-state index in [2.05, 4.69) is 25.5 Å². The molecule has 3 heterocycles. The maximum atomic E-state index is 9.73. The van der Waals surface area contributed by atoms with Gasteiger partial charge in [-0.1, -0.05) is 12.1 Å². The van der Waals surface area contributed by atoms with E-state index in [1.165, 1.54) is 0 Å². The fraction of sp³-hybridized carbons (Fsp3) is 0.286. The lowest BCUT2D eigenvalue weighted by molar-refractivity contribution is 0.282. The minimum atomic E-state index is -0.0588. The zero-order chi connectivity index (χ0) is 18.6. The molecule has 1 aliphatic heterocycles. The summed E-state index contributed by atoms with van der Waals surface area (Å²) in [6.45, 7) is 1.67. The molecule has 2 aromatic heterocycles. The van der Waals surface area contributed by atoms with E-state index < -0.39 is 0 Å². The minimum Gasteiger partial charge on any atom is -0.392 e. The van der Waals surface area contributed by atoms with Gasteiger partial charge < -0.3 is 14.6 Å². The zero-order valence-electron chi connectivity index (χ0n) is 15.0. The Labute approximate surface area is 158 Å². The van der Waals surface area contributed by atoms with E-state index in [-0.39, 0.29) is 6.61 Å². The van der Waals surface area contributed by atoms with Gasteiger partial charge in [0.1, 0.15) is 6.07 Å². The SMILES string of the molecule is N#Cc1cccc(-c2cnccc2CO)c1N1CCC(n2ccnc2)CC1. The summed E-state index contributed by atoms with van der Waals surface area (Å²) in [4.78, 5) is 10.7. The largest absolute Gasteiger partial charge is 0.392 e. The number of pyridine rings is 1. The molecule has 0 radical (unpaired) electrons. The van der Waals surface area contributed by atoms with Crippen LogP contribution in [0.25, 0.3) is 11.1 Å². The average molecular weight is 359 g/mol. The van der Waals surface area contributed by atoms with Crippen molar-refractivity contribution >= 4 is 5.69 Å². The maximum absolute atomic E-state index is 9.73. The summed E-state index contributed by atoms with van der Waals surface area (Å²) >= 11 is 0. The second-order valence-electron chi connectivity index (χ2n) is 6.73. The molecule has 1 fully saturated rings. The van der Waals surface area contributed by atoms with E-state index in [0.29, 0.717) is 11.6 Å². The molecule has 27 heavy (non-hydrogen) atoms. The standard InChI is InChI=1S/C21H21N5O/c22-12-16-2-1-3-19(20-13-23-7-4-17(20)14-27)21(16)25-9-5-18(6-10-25)26-11-8-24-15-26/h1-4,7-8,11,13,15,18,27H,5-6,9-10,14H2. The first kappa shape index (κ1) is 17.3. The molecule has 0 aliphatic carbocycles. The predicted octanol–water partition coefficient (Wildman–Crippen LogP) is 3.15. The van der Waals surface area contributed by atoms with Crippen molar-refractivity contribution < 1.29 is 5.11 Å². The monoisotopic (exact) mass is 359 g/mol. The summed E-state index contributed by atoms with van der Waals surface area (Å²) in [5.41, 5.74) is 4.24. The molecule has 1 aromatic carbocycles. The quantitative estimate of drug-likeness (QED) is 0.774. The summed E-state index contributed by atoms with van der Waals surface area (Å²) in [5.74, 6) is 0. The number of nitrogens with zero attached hydrogens (tertiary/aromatic N) is 5. The highest BCUT2D eigenvalue weighted by Gasteiger charge is 2.25. The Balaban J connectivity index is 1.70. The van der Waals surface area contributed by atoms with Crippen molar-refractivity contribution in [2.45, 2.75) is 25.5 Å². The number of aliphatic hydroxyl groups excluding tert-OH is 1. The smallest absolute Gasteiger partial charge is 0.101 e. The van der Waals surface area contributed by atoms with Gasteiger partial charge >= 0.3 is 0 Å². The Bertz CT molecular complexity index is 953. The van der Waals surface area contributed by atoms with Crippen molar-refractivity contribution in [3.8, 4) is 17.2 Å². The highest BCUT2D eigenvalue weighted by atomic mass is 16.3. The normalized spacial score (nSPS) is 14.9. The minimum absolute atomic E-state index is 0.0588. The Morgan fingerprint density at radius 1 is 1.11 bits per heavy atom. The molecule has 1 aliphatic rings. The van der Waals surface area contributed by atoms with Gasteiger partial charge in [-0.05, 0) is 30.5 Å². The number of anilines is 1. The number of aromatic nitrogens is 3. The van der Waals surface area contributed by atoms with E-state index >= 15 is 0 Å². The summed E-state index contributed by atoms with van der Waals surface area (Å²) < 4.78 is 2.17. The van der Waals surface area contributed by atoms with Gasteiger partial charge in [-0.15, -0.1) is 0 Å². The lowest BCUT2D eigenvalue weighted by atomic mass is 9.95. The van der Waals surface area contributed by atoms with Crippen molar-refractivity contribution in [2.75, 3.05) is 18.0 Å². The Morgan fingerprint density at radius 3 is 2.67 bits per heavy atom. The van der Waals surface area contributed by atoms with Crippen LogP contribution >= 0.6 is 0 Å². The van der Waals surface area contributed by atoms with Crippen LogP contribution < -0.4 is 4.90 Å². The van der Waals surface area contributed by atoms with Crippen molar-refractivity contribution in [1.29, 1.82) is 5.26 Å². The number of para-hydroxylation sites is 1. The first-order chi connectivity index (χ1) is 13.3. The summed E-state index contributed by atoms with van der Waals surface area (Å²) in [6.07, 6.45) is 11.1. The molecule has 0 bridgehead atoms. The number of aliphatic hydroxyl groups is 1. The fourth-order valence-corrected chi connectivity index (χ4v) is 3.87. The van der Waals surface area contributed by atoms with Gasteiger partial charge in [0.05, 0.1) is 24.2 Å². The fourth-order valence-electron chi connectivity index (χ4n) is 3.87. The summed E-state index contributed by atoms with van der Waals surface area (Å²) in [6, 6.07) is 10.4. The van der Waals surface area contributed by atoms with Gasteiger partial charge in [0, 0.05) is 55.0 Å². The third kappa shape index (κ3) is 3.29. The molecule has 0 amide bonds. The van der Waals surface area contributed by atoms with Gasteiger partial charge in [-0.25, -0.2) is 4.98 Å². The first-order valence-electron chi connectivity index (χ1n) is 9.11. The molecule has 1 N–H and O–H groups in total. The van der Waals surface area contributed by atoms with Gasteiger partial charge in [0.25, 0.3) is 0 Å². The Hall–Kier alpha value is -3.17. The average Bonchev–Trinajstić information content (AvgIpc) is 3.28. The van der Waals surface area contributed by atoms with E-state index in [0.717, 1.165) is 48.3 Å². The van der Waals surface area contributed by atoms with Crippen LogP contribution in [0.15, 0.2) is 55.4 Å². The molecule has 0 atom stereocenters. The van der Waals surface area contributed by atoms with Crippen LogP contribution in [0.1, 0.15) is 30.0 Å². The first-order valence-corrected chi connectivity index (χ1v) is 9.11. The van der Waals surface area contributed by atoms with E-state index in [9.17, 15) is 10.4 Å². The second-order valence-corrected chi connectivity index (χ2v) is 6.73. The van der Waals surface area contributed by atoms with Crippen LogP contribution in [0, 0.1) is 11.3 Å². The zero-order valence-corrected chi connectivity index (χ0v) is 15.0. The number of nitriles is 1. The maximum Gasteiger partial charge on any atom is 0.101 e. The highest BCUT2D eigenvalue weighted by Crippen LogP contribution is 2.37. The van der Waals surface area contributed by atoms with Gasteiger partial charge in [-0.2, -0.15) is 5.26 Å². The Kier molecular flexibility index (Phi) is 4.86. The summed E-state index contributed by atoms with van der Waals surface area (Å²) in [7, 11) is 0. The molecular weight excluding hydrogens is 338 g/mol. The molecule has 6 nitrogen and oxygen atoms in total. The third-order valence-corrected chi connectivity index (χ3v) is 5.26. The molecule has 3 aromatic rings. The predicted molar refractivity (Wildman–Crippen MR) is 103 cm³/mol. The lowest BCUT2D eigenvalue weighted by Crippen LogP contribution is -2.35. The van der Waals surface area contributed by atoms with E-state index in [1.54, 1.807) is 12.4 Å². The van der Waals surface area contributed by atoms with Gasteiger partial charge in [-0.3, -0.25) is 4.98 Å². The van der Waals surface area contributed by atoms with Crippen molar-refractivity contribution in [3.05, 3.63) is 66.5 Å². The number of hydrogen-bond donors (Lipinski definition) is 1. The van der Waals surface area contributed by atoms with E-state index in [1.807, 2.05) is 43.0 Å². The molecular formula is C21H21N5O. The molecule has 0 unspecified atom stereocenters. The summed E-state index contributed by atoms with van der Waals surface area (Å²) in [5, 5.41) is 19.4. The molecule has 4 rings (SSSR count). The number of rotatable bonds is 4. The van der Waals surface area contributed by atoms with Gasteiger partial charge in [0.2, 0.25) is 0 Å². The second kappa shape index (κ2) is 7.60. The van der Waals surface area contributed by atoms with Crippen molar-refractivity contribution in [2.24, 2.45) is 0 Å². The van der Waals surface area contributed by atoms with Crippen molar-refractivity contribution in [1.82, 2.24) is 14.5 Å². The number of benzene rings is 1. The number of hydrogen-bond acceptors (Lipinski definition) is 5. The number of piperidine rings is 1. The Morgan fingerprint density at radius 2 is 1.96 bits per heavy atom. The molecule has 136 valence electrons. The highest BCUT2D eigenvalue weighted by molar-refractivity contribution is 5.84. The van der Waals surface area contributed by atoms with Crippen LogP contribution in [-0.4, -0.2) is 32.7 Å².